The average Bonchev–Trinajstić information content (AvgIpc) is 3.17. The molecule has 0 atom stereocenters. The Labute approximate surface area is 183 Å². The van der Waals surface area contributed by atoms with Crippen molar-refractivity contribution in [1.82, 2.24) is 4.90 Å². The summed E-state index contributed by atoms with van der Waals surface area (Å²) in [6.45, 7) is 1.96. The fourth-order valence-corrected chi connectivity index (χ4v) is 3.49. The second-order valence-electron chi connectivity index (χ2n) is 7.17. The molecule has 2 heterocycles. The number of ether oxygens (including phenoxy) is 1. The second kappa shape index (κ2) is 8.70. The molecule has 0 aliphatic carbocycles. The smallest absolute Gasteiger partial charge is 0.336 e. The van der Waals surface area contributed by atoms with E-state index < -0.39 is 5.63 Å². The van der Waals surface area contributed by atoms with Gasteiger partial charge >= 0.3 is 5.63 Å². The molecule has 4 rings (SSSR count). The standard InChI is InChI=1S/C24H20ClNO5/c1-15-8-9-17(30-15)13-26(2)23(27)14-29-22-12-21-19(10-20(22)25)18(11-24(28)31-21)16-6-4-3-5-7-16/h3-12H,13-14H2,1-2H3. The van der Waals surface area contributed by atoms with Crippen LogP contribution in [0.3, 0.4) is 0 Å². The number of benzene rings is 2. The van der Waals surface area contributed by atoms with Crippen LogP contribution in [0.4, 0.5) is 0 Å². The van der Waals surface area contributed by atoms with E-state index in [4.69, 9.17) is 25.2 Å². The molecule has 2 aromatic heterocycles. The molecular weight excluding hydrogens is 418 g/mol. The molecule has 0 aliphatic heterocycles. The van der Waals surface area contributed by atoms with Gasteiger partial charge in [-0.15, -0.1) is 0 Å². The molecule has 0 spiro atoms. The predicted molar refractivity (Wildman–Crippen MR) is 118 cm³/mol. The van der Waals surface area contributed by atoms with Crippen molar-refractivity contribution in [2.24, 2.45) is 0 Å². The first kappa shape index (κ1) is 20.8. The van der Waals surface area contributed by atoms with Crippen LogP contribution in [-0.2, 0) is 11.3 Å². The zero-order valence-corrected chi connectivity index (χ0v) is 17.8. The first-order valence-electron chi connectivity index (χ1n) is 9.65. The van der Waals surface area contributed by atoms with Crippen molar-refractivity contribution in [3.8, 4) is 16.9 Å². The maximum atomic E-state index is 12.4. The maximum Gasteiger partial charge on any atom is 0.336 e. The zero-order valence-electron chi connectivity index (χ0n) is 17.1. The first-order valence-corrected chi connectivity index (χ1v) is 10.0. The second-order valence-corrected chi connectivity index (χ2v) is 7.58. The van der Waals surface area contributed by atoms with E-state index in [9.17, 15) is 9.59 Å². The number of nitrogens with zero attached hydrogens (tertiary/aromatic N) is 1. The van der Waals surface area contributed by atoms with Crippen molar-refractivity contribution in [2.75, 3.05) is 13.7 Å². The van der Waals surface area contributed by atoms with Gasteiger partial charge in [-0.05, 0) is 36.2 Å². The third-order valence-corrected chi connectivity index (χ3v) is 5.14. The van der Waals surface area contributed by atoms with Crippen molar-refractivity contribution in [3.05, 3.63) is 87.6 Å². The van der Waals surface area contributed by atoms with Gasteiger partial charge in [0.25, 0.3) is 5.91 Å². The van der Waals surface area contributed by atoms with Crippen molar-refractivity contribution in [3.63, 3.8) is 0 Å². The highest BCUT2D eigenvalue weighted by atomic mass is 35.5. The Bertz CT molecular complexity index is 1290. The predicted octanol–water partition coefficient (Wildman–Crippen LogP) is 5.05. The Morgan fingerprint density at radius 1 is 1.06 bits per heavy atom. The minimum Gasteiger partial charge on any atom is -0.482 e. The molecule has 0 N–H and O–H groups in total. The highest BCUT2D eigenvalue weighted by Crippen LogP contribution is 2.34. The van der Waals surface area contributed by atoms with Crippen LogP contribution >= 0.6 is 11.6 Å². The Hall–Kier alpha value is -3.51. The summed E-state index contributed by atoms with van der Waals surface area (Å²) >= 11 is 6.41. The SMILES string of the molecule is Cc1ccc(CN(C)C(=O)COc2cc3oc(=O)cc(-c4ccccc4)c3cc2Cl)o1. The summed E-state index contributed by atoms with van der Waals surface area (Å²) in [6.07, 6.45) is 0. The van der Waals surface area contributed by atoms with Crippen molar-refractivity contribution in [1.29, 1.82) is 0 Å². The van der Waals surface area contributed by atoms with Crippen molar-refractivity contribution in [2.45, 2.75) is 13.5 Å². The molecule has 4 aromatic rings. The minimum absolute atomic E-state index is 0.218. The number of carbonyl (C=O) groups excluding carboxylic acids is 1. The minimum atomic E-state index is -0.482. The molecular formula is C24H20ClNO5. The summed E-state index contributed by atoms with van der Waals surface area (Å²) in [7, 11) is 1.66. The van der Waals surface area contributed by atoms with Gasteiger partial charge in [-0.1, -0.05) is 41.9 Å². The van der Waals surface area contributed by atoms with E-state index in [0.29, 0.717) is 33.9 Å². The van der Waals surface area contributed by atoms with Crippen LogP contribution in [0, 0.1) is 6.92 Å². The number of hydrogen-bond donors (Lipinski definition) is 0. The number of aryl methyl sites for hydroxylation is 1. The average molecular weight is 438 g/mol. The van der Waals surface area contributed by atoms with E-state index in [1.54, 1.807) is 13.1 Å². The molecule has 0 bridgehead atoms. The lowest BCUT2D eigenvalue weighted by atomic mass is 10.0. The molecule has 158 valence electrons. The van der Waals surface area contributed by atoms with Gasteiger partial charge in [0.05, 0.1) is 11.6 Å². The molecule has 0 aliphatic rings. The van der Waals surface area contributed by atoms with Crippen LogP contribution in [0.25, 0.3) is 22.1 Å². The van der Waals surface area contributed by atoms with E-state index in [0.717, 1.165) is 11.3 Å². The van der Waals surface area contributed by atoms with Crippen LogP contribution in [-0.4, -0.2) is 24.5 Å². The molecule has 0 saturated carbocycles. The van der Waals surface area contributed by atoms with Gasteiger partial charge in [0, 0.05) is 24.6 Å². The van der Waals surface area contributed by atoms with Gasteiger partial charge in [-0.2, -0.15) is 0 Å². The fourth-order valence-electron chi connectivity index (χ4n) is 3.27. The topological polar surface area (TPSA) is 72.9 Å². The number of carbonyl (C=O) groups is 1. The van der Waals surface area contributed by atoms with Crippen molar-refractivity contribution >= 4 is 28.5 Å². The van der Waals surface area contributed by atoms with Gasteiger partial charge in [0.1, 0.15) is 22.9 Å². The molecule has 1 amide bonds. The summed E-state index contributed by atoms with van der Waals surface area (Å²) in [5, 5.41) is 0.996. The lowest BCUT2D eigenvalue weighted by molar-refractivity contribution is -0.132. The summed E-state index contributed by atoms with van der Waals surface area (Å²) in [5.41, 5.74) is 1.43. The van der Waals surface area contributed by atoms with Gasteiger partial charge in [-0.3, -0.25) is 4.79 Å². The van der Waals surface area contributed by atoms with Crippen LogP contribution in [0.15, 0.2) is 74.3 Å². The molecule has 0 unspecified atom stereocenters. The summed E-state index contributed by atoms with van der Waals surface area (Å²) in [6, 6.07) is 17.8. The first-order chi connectivity index (χ1) is 14.9. The molecule has 0 saturated heterocycles. The third kappa shape index (κ3) is 4.64. The van der Waals surface area contributed by atoms with Gasteiger partial charge < -0.3 is 18.5 Å². The van der Waals surface area contributed by atoms with Crippen LogP contribution < -0.4 is 10.4 Å². The summed E-state index contributed by atoms with van der Waals surface area (Å²) in [4.78, 5) is 26.0. The van der Waals surface area contributed by atoms with Crippen molar-refractivity contribution < 1.29 is 18.4 Å². The van der Waals surface area contributed by atoms with E-state index >= 15 is 0 Å². The quantitative estimate of drug-likeness (QED) is 0.394. The largest absolute Gasteiger partial charge is 0.482 e. The Morgan fingerprint density at radius 3 is 2.55 bits per heavy atom. The number of amides is 1. The summed E-state index contributed by atoms with van der Waals surface area (Å²) in [5.74, 6) is 1.49. The van der Waals surface area contributed by atoms with E-state index in [-0.39, 0.29) is 18.3 Å². The molecule has 31 heavy (non-hydrogen) atoms. The lowest BCUT2D eigenvalue weighted by Crippen LogP contribution is -2.30. The molecule has 7 heteroatoms. The Morgan fingerprint density at radius 2 is 1.84 bits per heavy atom. The zero-order chi connectivity index (χ0) is 22.0. The van der Waals surface area contributed by atoms with Crippen LogP contribution in [0.1, 0.15) is 11.5 Å². The van der Waals surface area contributed by atoms with Gasteiger partial charge in [0.2, 0.25) is 0 Å². The third-order valence-electron chi connectivity index (χ3n) is 4.85. The Kier molecular flexibility index (Phi) is 5.82. The molecule has 2 aromatic carbocycles. The molecule has 6 nitrogen and oxygen atoms in total. The highest BCUT2D eigenvalue weighted by Gasteiger charge is 2.16. The highest BCUT2D eigenvalue weighted by molar-refractivity contribution is 6.33. The monoisotopic (exact) mass is 437 g/mol. The molecule has 0 radical (unpaired) electrons. The normalized spacial score (nSPS) is 10.9. The van der Waals surface area contributed by atoms with E-state index in [1.165, 1.54) is 17.0 Å². The van der Waals surface area contributed by atoms with Gasteiger partial charge in [-0.25, -0.2) is 4.79 Å². The van der Waals surface area contributed by atoms with Gasteiger partial charge in [0.15, 0.2) is 6.61 Å². The number of rotatable bonds is 6. The van der Waals surface area contributed by atoms with Crippen LogP contribution in [0.2, 0.25) is 5.02 Å². The Balaban J connectivity index is 1.55. The van der Waals surface area contributed by atoms with Crippen LogP contribution in [0.5, 0.6) is 5.75 Å². The number of halogens is 1. The number of fused-ring (bicyclic) bond motifs is 1. The fraction of sp³-hybridized carbons (Fsp3) is 0.167. The van der Waals surface area contributed by atoms with E-state index in [1.807, 2.05) is 49.4 Å². The number of furan rings is 1. The number of likely N-dealkylation sites (N-methyl/N-ethyl adjacent to an activating group) is 1. The maximum absolute atomic E-state index is 12.4. The lowest BCUT2D eigenvalue weighted by Gasteiger charge is -2.17. The summed E-state index contributed by atoms with van der Waals surface area (Å²) < 4.78 is 16.5. The molecule has 0 fully saturated rings. The number of hydrogen-bond acceptors (Lipinski definition) is 5. The van der Waals surface area contributed by atoms with E-state index in [2.05, 4.69) is 0 Å².